The number of aliphatic hydroxyl groups excluding tert-OH is 5. The Morgan fingerprint density at radius 3 is 2.43 bits per heavy atom. The summed E-state index contributed by atoms with van der Waals surface area (Å²) < 4.78 is 27.5. The lowest BCUT2D eigenvalue weighted by molar-refractivity contribution is -0.318. The van der Waals surface area contributed by atoms with Crippen molar-refractivity contribution < 1.29 is 59.1 Å². The monoisotopic (exact) mass is 502 g/mol. The van der Waals surface area contributed by atoms with Crippen molar-refractivity contribution in [1.82, 2.24) is 0 Å². The molecule has 1 aromatic carbocycles. The van der Waals surface area contributed by atoms with E-state index >= 15 is 0 Å². The molecular formula is C23H34O12. The molecule has 0 spiro atoms. The normalized spacial score (nSPS) is 36.1. The smallest absolute Gasteiger partial charge is 0.308 e. The van der Waals surface area contributed by atoms with Crippen LogP contribution < -0.4 is 4.74 Å². The lowest BCUT2D eigenvalue weighted by Crippen LogP contribution is -2.62. The highest BCUT2D eigenvalue weighted by Gasteiger charge is 2.54. The number of rotatable bonds is 10. The van der Waals surface area contributed by atoms with E-state index in [1.807, 2.05) is 6.92 Å². The van der Waals surface area contributed by atoms with Crippen molar-refractivity contribution in [1.29, 1.82) is 0 Å². The Kier molecular flexibility index (Phi) is 9.43. The van der Waals surface area contributed by atoms with Gasteiger partial charge in [-0.25, -0.2) is 0 Å². The van der Waals surface area contributed by atoms with Crippen molar-refractivity contribution in [2.24, 2.45) is 5.92 Å². The van der Waals surface area contributed by atoms with Gasteiger partial charge in [-0.05, 0) is 24.1 Å². The molecule has 1 aromatic rings. The van der Waals surface area contributed by atoms with E-state index in [2.05, 4.69) is 0 Å². The van der Waals surface area contributed by atoms with Crippen LogP contribution in [0.3, 0.4) is 0 Å². The number of hydrogen-bond donors (Lipinski definition) is 6. The molecule has 0 aliphatic carbocycles. The average molecular weight is 503 g/mol. The summed E-state index contributed by atoms with van der Waals surface area (Å²) in [4.78, 5) is 12.0. The summed E-state index contributed by atoms with van der Waals surface area (Å²) in [6.45, 7) is 1.74. The number of hydrogen-bond acceptors (Lipinski definition) is 12. The zero-order chi connectivity index (χ0) is 25.8. The Hall–Kier alpha value is -1.87. The molecular weight excluding hydrogens is 468 g/mol. The first-order chi connectivity index (χ1) is 16.6. The fourth-order valence-electron chi connectivity index (χ4n) is 3.66. The molecule has 2 aliphatic rings. The molecule has 0 radical (unpaired) electrons. The minimum Gasteiger partial charge on any atom is -0.462 e. The second kappa shape index (κ2) is 11.9. The van der Waals surface area contributed by atoms with E-state index < -0.39 is 74.5 Å². The third-order valence-electron chi connectivity index (χ3n) is 6.26. The molecule has 2 saturated heterocycles. The van der Waals surface area contributed by atoms with Gasteiger partial charge in [0.1, 0.15) is 36.8 Å². The van der Waals surface area contributed by atoms with Gasteiger partial charge in [-0.1, -0.05) is 26.0 Å². The maximum Gasteiger partial charge on any atom is 0.308 e. The van der Waals surface area contributed by atoms with Gasteiger partial charge in [0.05, 0.1) is 25.7 Å². The van der Waals surface area contributed by atoms with Crippen LogP contribution in [0.15, 0.2) is 24.3 Å². The standard InChI is InChI=1S/C23H34O12/c1-3-12(2)20(29)31-10-23(30)11-32-22(19(23)28)35-18-17(27)16(26)15(9-25)34-21(18)33-14-6-4-13(8-24)5-7-14/h4-7,12,15-19,21-22,24-28,30H,3,8-11H2,1-2H3/t12-,15+,16+,17-,18+,19-,21+,22-,23+/m0/s1. The molecule has 0 bridgehead atoms. The first-order valence-electron chi connectivity index (χ1n) is 11.5. The number of benzene rings is 1. The number of ether oxygens (including phenoxy) is 5. The summed E-state index contributed by atoms with van der Waals surface area (Å²) in [5.41, 5.74) is -1.33. The van der Waals surface area contributed by atoms with Gasteiger partial charge in [-0.15, -0.1) is 0 Å². The number of carbonyl (C=O) groups is 1. The molecule has 0 amide bonds. The Morgan fingerprint density at radius 1 is 1.14 bits per heavy atom. The maximum absolute atomic E-state index is 12.0. The Morgan fingerprint density at radius 2 is 1.83 bits per heavy atom. The van der Waals surface area contributed by atoms with E-state index in [1.165, 1.54) is 0 Å². The van der Waals surface area contributed by atoms with Crippen molar-refractivity contribution in [3.8, 4) is 5.75 Å². The largest absolute Gasteiger partial charge is 0.462 e. The van der Waals surface area contributed by atoms with Crippen LogP contribution in [0.5, 0.6) is 5.75 Å². The summed E-state index contributed by atoms with van der Waals surface area (Å²) in [5, 5.41) is 61.1. The quantitative estimate of drug-likeness (QED) is 0.202. The third kappa shape index (κ3) is 6.28. The van der Waals surface area contributed by atoms with E-state index in [0.29, 0.717) is 12.0 Å². The van der Waals surface area contributed by atoms with E-state index in [0.717, 1.165) is 0 Å². The van der Waals surface area contributed by atoms with Gasteiger partial charge in [0, 0.05) is 0 Å². The van der Waals surface area contributed by atoms with Crippen molar-refractivity contribution in [3.63, 3.8) is 0 Å². The van der Waals surface area contributed by atoms with Crippen molar-refractivity contribution >= 4 is 5.97 Å². The van der Waals surface area contributed by atoms with Crippen LogP contribution in [-0.4, -0.2) is 105 Å². The minimum atomic E-state index is -1.96. The van der Waals surface area contributed by atoms with Gasteiger partial charge in [0.2, 0.25) is 6.29 Å². The fourth-order valence-corrected chi connectivity index (χ4v) is 3.66. The summed E-state index contributed by atoms with van der Waals surface area (Å²) in [6.07, 6.45) is -9.71. The van der Waals surface area contributed by atoms with E-state index in [1.54, 1.807) is 31.2 Å². The highest BCUT2D eigenvalue weighted by Crippen LogP contribution is 2.32. The van der Waals surface area contributed by atoms with Crippen LogP contribution in [-0.2, 0) is 30.3 Å². The van der Waals surface area contributed by atoms with Crippen LogP contribution in [0.4, 0.5) is 0 Å². The van der Waals surface area contributed by atoms with Crippen LogP contribution >= 0.6 is 0 Å². The molecule has 198 valence electrons. The molecule has 12 heteroatoms. The van der Waals surface area contributed by atoms with Gasteiger partial charge < -0.3 is 54.3 Å². The molecule has 3 rings (SSSR count). The lowest BCUT2D eigenvalue weighted by Gasteiger charge is -2.42. The zero-order valence-corrected chi connectivity index (χ0v) is 19.6. The highest BCUT2D eigenvalue weighted by molar-refractivity contribution is 5.71. The second-order valence-corrected chi connectivity index (χ2v) is 8.87. The Balaban J connectivity index is 1.71. The molecule has 0 unspecified atom stereocenters. The molecule has 0 saturated carbocycles. The number of esters is 1. The van der Waals surface area contributed by atoms with E-state index in [-0.39, 0.29) is 18.3 Å². The molecule has 2 fully saturated rings. The molecule has 9 atom stereocenters. The van der Waals surface area contributed by atoms with Gasteiger partial charge in [0.25, 0.3) is 0 Å². The van der Waals surface area contributed by atoms with Crippen LogP contribution in [0.2, 0.25) is 0 Å². The SMILES string of the molecule is CC[C@H](C)C(=O)OC[C@@]1(O)CO[C@@H](O[C@H]2[C@H](Oc3ccc(CO)cc3)O[C@H](CO)[C@@H](O)[C@@H]2O)[C@@H]1O. The Bertz CT molecular complexity index is 819. The summed E-state index contributed by atoms with van der Waals surface area (Å²) in [5.74, 6) is -0.639. The van der Waals surface area contributed by atoms with E-state index in [9.17, 15) is 35.4 Å². The van der Waals surface area contributed by atoms with Crippen LogP contribution in [0.25, 0.3) is 0 Å². The first kappa shape index (κ1) is 27.7. The first-order valence-corrected chi connectivity index (χ1v) is 11.5. The van der Waals surface area contributed by atoms with E-state index in [4.69, 9.17) is 23.7 Å². The third-order valence-corrected chi connectivity index (χ3v) is 6.26. The summed E-state index contributed by atoms with van der Waals surface area (Å²) in [7, 11) is 0. The fraction of sp³-hybridized carbons (Fsp3) is 0.696. The molecule has 12 nitrogen and oxygen atoms in total. The van der Waals surface area contributed by atoms with Gasteiger partial charge >= 0.3 is 5.97 Å². The second-order valence-electron chi connectivity index (χ2n) is 8.87. The van der Waals surface area contributed by atoms with Gasteiger partial charge in [0.15, 0.2) is 18.0 Å². The predicted molar refractivity (Wildman–Crippen MR) is 117 cm³/mol. The minimum absolute atomic E-state index is 0.171. The average Bonchev–Trinajstić information content (AvgIpc) is 3.15. The zero-order valence-electron chi connectivity index (χ0n) is 19.6. The van der Waals surface area contributed by atoms with Crippen molar-refractivity contribution in [2.45, 2.75) is 75.6 Å². The highest BCUT2D eigenvalue weighted by atomic mass is 16.8. The summed E-state index contributed by atoms with van der Waals surface area (Å²) in [6, 6.07) is 6.30. The Labute approximate surface area is 202 Å². The topological polar surface area (TPSA) is 185 Å². The predicted octanol–water partition coefficient (Wildman–Crippen LogP) is -1.58. The van der Waals surface area contributed by atoms with Crippen LogP contribution in [0, 0.1) is 5.92 Å². The molecule has 2 aliphatic heterocycles. The van der Waals surface area contributed by atoms with Crippen molar-refractivity contribution in [2.75, 3.05) is 19.8 Å². The van der Waals surface area contributed by atoms with Gasteiger partial charge in [-0.3, -0.25) is 4.79 Å². The lowest BCUT2D eigenvalue weighted by atomic mass is 9.98. The molecule has 35 heavy (non-hydrogen) atoms. The summed E-state index contributed by atoms with van der Waals surface area (Å²) >= 11 is 0. The van der Waals surface area contributed by atoms with Crippen molar-refractivity contribution in [3.05, 3.63) is 29.8 Å². The molecule has 2 heterocycles. The molecule has 6 N–H and O–H groups in total. The maximum atomic E-state index is 12.0. The number of carbonyl (C=O) groups excluding carboxylic acids is 1. The number of aliphatic hydroxyl groups is 6. The molecule has 0 aromatic heterocycles. The van der Waals surface area contributed by atoms with Gasteiger partial charge in [-0.2, -0.15) is 0 Å². The van der Waals surface area contributed by atoms with Crippen LogP contribution in [0.1, 0.15) is 25.8 Å².